The third-order valence-electron chi connectivity index (χ3n) is 5.05. The highest BCUT2D eigenvalue weighted by molar-refractivity contribution is 6.31. The van der Waals surface area contributed by atoms with Crippen LogP contribution in [0.25, 0.3) is 11.0 Å². The first kappa shape index (κ1) is 21.1. The summed E-state index contributed by atoms with van der Waals surface area (Å²) >= 11 is 12.1. The number of hydrogen-bond acceptors (Lipinski definition) is 4. The highest BCUT2D eigenvalue weighted by atomic mass is 35.5. The fourth-order valence-electron chi connectivity index (χ4n) is 3.57. The Labute approximate surface area is 179 Å². The topological polar surface area (TPSA) is 60.0 Å². The molecule has 0 radical (unpaired) electrons. The summed E-state index contributed by atoms with van der Waals surface area (Å²) in [6, 6.07) is 8.72. The molecular formula is C19H21Cl3FN5. The van der Waals surface area contributed by atoms with Crippen molar-refractivity contribution in [3.8, 4) is 0 Å². The maximum Gasteiger partial charge on any atom is 0.207 e. The maximum absolute atomic E-state index is 13.9. The summed E-state index contributed by atoms with van der Waals surface area (Å²) in [5.74, 6) is 0.749. The van der Waals surface area contributed by atoms with Crippen LogP contribution in [0.5, 0.6) is 0 Å². The van der Waals surface area contributed by atoms with Crippen LogP contribution in [0, 0.1) is 0 Å². The van der Waals surface area contributed by atoms with Crippen LogP contribution in [0.4, 0.5) is 10.3 Å². The molecule has 0 amide bonds. The molecule has 1 fully saturated rings. The van der Waals surface area contributed by atoms with E-state index in [1.807, 2.05) is 35.2 Å². The zero-order chi connectivity index (χ0) is 19.1. The molecule has 2 N–H and O–H groups in total. The molecule has 0 spiro atoms. The summed E-state index contributed by atoms with van der Waals surface area (Å²) in [5, 5.41) is 1.21. The van der Waals surface area contributed by atoms with E-state index in [2.05, 4.69) is 16.5 Å². The number of alkyl halides is 1. The van der Waals surface area contributed by atoms with E-state index in [4.69, 9.17) is 33.9 Å². The number of pyridine rings is 1. The number of fused-ring (bicyclic) bond motifs is 1. The van der Waals surface area contributed by atoms with Gasteiger partial charge >= 0.3 is 0 Å². The Balaban J connectivity index is 0.00000225. The van der Waals surface area contributed by atoms with Gasteiger partial charge in [-0.3, -0.25) is 4.98 Å². The maximum atomic E-state index is 13.9. The van der Waals surface area contributed by atoms with Crippen LogP contribution in [-0.2, 0) is 0 Å². The van der Waals surface area contributed by atoms with Crippen molar-refractivity contribution in [3.63, 3.8) is 0 Å². The van der Waals surface area contributed by atoms with Crippen LogP contribution in [-0.4, -0.2) is 39.8 Å². The van der Waals surface area contributed by atoms with Gasteiger partial charge in [-0.25, -0.2) is 9.37 Å². The lowest BCUT2D eigenvalue weighted by molar-refractivity contribution is 0.243. The highest BCUT2D eigenvalue weighted by Crippen LogP contribution is 2.32. The van der Waals surface area contributed by atoms with Crippen molar-refractivity contribution in [2.45, 2.75) is 31.6 Å². The van der Waals surface area contributed by atoms with Gasteiger partial charge in [0.1, 0.15) is 6.17 Å². The molecule has 0 aliphatic carbocycles. The van der Waals surface area contributed by atoms with Crippen LogP contribution < -0.4 is 10.6 Å². The van der Waals surface area contributed by atoms with Gasteiger partial charge in [0.15, 0.2) is 0 Å². The monoisotopic (exact) mass is 443 g/mol. The number of anilines is 1. The summed E-state index contributed by atoms with van der Waals surface area (Å²) in [6.07, 6.45) is 1.04. The van der Waals surface area contributed by atoms with E-state index in [9.17, 15) is 4.39 Å². The normalized spacial score (nSPS) is 20.8. The number of benzene rings is 1. The first-order valence-corrected chi connectivity index (χ1v) is 9.63. The molecule has 3 atom stereocenters. The zero-order valence-electron chi connectivity index (χ0n) is 15.2. The number of aromatic nitrogens is 3. The second kappa shape index (κ2) is 8.41. The predicted molar refractivity (Wildman–Crippen MR) is 115 cm³/mol. The Morgan fingerprint density at radius 3 is 2.64 bits per heavy atom. The molecular weight excluding hydrogens is 424 g/mol. The number of rotatable bonds is 3. The van der Waals surface area contributed by atoms with Gasteiger partial charge in [-0.05, 0) is 43.7 Å². The van der Waals surface area contributed by atoms with Crippen molar-refractivity contribution in [3.05, 3.63) is 52.3 Å². The van der Waals surface area contributed by atoms with Crippen molar-refractivity contribution < 1.29 is 4.39 Å². The van der Waals surface area contributed by atoms with Crippen molar-refractivity contribution in [1.29, 1.82) is 0 Å². The van der Waals surface area contributed by atoms with E-state index in [0.29, 0.717) is 29.6 Å². The molecule has 0 bridgehead atoms. The van der Waals surface area contributed by atoms with E-state index in [1.165, 1.54) is 0 Å². The number of imidazole rings is 1. The summed E-state index contributed by atoms with van der Waals surface area (Å²) in [7, 11) is 0. The van der Waals surface area contributed by atoms with Crippen molar-refractivity contribution in [2.75, 3.05) is 18.0 Å². The fourth-order valence-corrected chi connectivity index (χ4v) is 3.84. The minimum Gasteiger partial charge on any atom is -0.340 e. The number of nitrogens with two attached hydrogens (primary N) is 1. The molecule has 4 rings (SSSR count). The fraction of sp³-hybridized carbons (Fsp3) is 0.368. The number of hydrogen-bond donors (Lipinski definition) is 1. The molecule has 0 saturated carbocycles. The summed E-state index contributed by atoms with van der Waals surface area (Å²) in [4.78, 5) is 11.3. The van der Waals surface area contributed by atoms with Crippen LogP contribution in [0.1, 0.15) is 25.1 Å². The molecule has 5 nitrogen and oxygen atoms in total. The van der Waals surface area contributed by atoms with Gasteiger partial charge in [0.25, 0.3) is 0 Å². The van der Waals surface area contributed by atoms with Gasteiger partial charge in [0.05, 0.1) is 33.8 Å². The van der Waals surface area contributed by atoms with Gasteiger partial charge in [-0.1, -0.05) is 23.2 Å². The van der Waals surface area contributed by atoms with Crippen LogP contribution in [0.15, 0.2) is 36.5 Å². The Morgan fingerprint density at radius 2 is 1.96 bits per heavy atom. The number of piperidine rings is 1. The average Bonchev–Trinajstić information content (AvgIpc) is 3.02. The molecule has 1 saturated heterocycles. The summed E-state index contributed by atoms with van der Waals surface area (Å²) in [6.45, 7) is 3.03. The van der Waals surface area contributed by atoms with E-state index in [-0.39, 0.29) is 18.4 Å². The second-order valence-electron chi connectivity index (χ2n) is 6.91. The number of nitrogens with zero attached hydrogens (tertiary/aromatic N) is 4. The molecule has 9 heteroatoms. The predicted octanol–water partition coefficient (Wildman–Crippen LogP) is 4.64. The van der Waals surface area contributed by atoms with E-state index >= 15 is 0 Å². The molecule has 150 valence electrons. The summed E-state index contributed by atoms with van der Waals surface area (Å²) < 4.78 is 16.0. The standard InChI is InChI=1S/C19H20Cl2FN5.ClH/c1-11(16-4-2-13(21)9-24-16)27-18-5-3-12(20)8-17(18)25-19(27)26-7-6-14(22)15(23)10-26;/h2-5,8-9,11,14-15H,6-7,10,23H2,1H3;1H/t11?,14-,15-;/m1./s1. The van der Waals surface area contributed by atoms with Gasteiger partial charge < -0.3 is 15.2 Å². The highest BCUT2D eigenvalue weighted by Gasteiger charge is 2.30. The van der Waals surface area contributed by atoms with Crippen molar-refractivity contribution in [1.82, 2.24) is 14.5 Å². The molecule has 3 heterocycles. The molecule has 1 aromatic carbocycles. The van der Waals surface area contributed by atoms with Crippen molar-refractivity contribution in [2.24, 2.45) is 5.73 Å². The lowest BCUT2D eigenvalue weighted by atomic mass is 10.1. The van der Waals surface area contributed by atoms with Gasteiger partial charge in [0.2, 0.25) is 5.95 Å². The van der Waals surface area contributed by atoms with E-state index in [1.54, 1.807) is 6.20 Å². The lowest BCUT2D eigenvalue weighted by Crippen LogP contribution is -2.50. The van der Waals surface area contributed by atoms with Gasteiger partial charge in [-0.2, -0.15) is 0 Å². The van der Waals surface area contributed by atoms with Crippen LogP contribution >= 0.6 is 35.6 Å². The summed E-state index contributed by atoms with van der Waals surface area (Å²) in [5.41, 5.74) is 8.56. The van der Waals surface area contributed by atoms with E-state index < -0.39 is 12.2 Å². The van der Waals surface area contributed by atoms with E-state index in [0.717, 1.165) is 22.7 Å². The third kappa shape index (κ3) is 3.92. The molecule has 1 unspecified atom stereocenters. The molecule has 2 aromatic heterocycles. The molecule has 28 heavy (non-hydrogen) atoms. The van der Waals surface area contributed by atoms with Crippen LogP contribution in [0.3, 0.4) is 0 Å². The first-order chi connectivity index (χ1) is 12.9. The zero-order valence-corrected chi connectivity index (χ0v) is 17.6. The SMILES string of the molecule is CC(c1ccc(Cl)cn1)n1c(N2CC[C@@H](F)[C@H](N)C2)nc2cc(Cl)ccc21.Cl. The Hall–Kier alpha value is -1.60. The largest absolute Gasteiger partial charge is 0.340 e. The Bertz CT molecular complexity index is 962. The Morgan fingerprint density at radius 1 is 1.21 bits per heavy atom. The number of halogens is 4. The smallest absolute Gasteiger partial charge is 0.207 e. The van der Waals surface area contributed by atoms with Crippen molar-refractivity contribution >= 4 is 52.6 Å². The quantitative estimate of drug-likeness (QED) is 0.639. The van der Waals surface area contributed by atoms with Crippen LogP contribution in [0.2, 0.25) is 10.0 Å². The van der Waals surface area contributed by atoms with Gasteiger partial charge in [-0.15, -0.1) is 12.4 Å². The van der Waals surface area contributed by atoms with Gasteiger partial charge in [0, 0.05) is 24.3 Å². The molecule has 1 aliphatic heterocycles. The minimum atomic E-state index is -0.983. The minimum absolute atomic E-state index is 0. The molecule has 3 aromatic rings. The second-order valence-corrected chi connectivity index (χ2v) is 7.78. The lowest BCUT2D eigenvalue weighted by Gasteiger charge is -2.34. The Kier molecular flexibility index (Phi) is 6.34. The molecule has 1 aliphatic rings. The third-order valence-corrected chi connectivity index (χ3v) is 5.51. The first-order valence-electron chi connectivity index (χ1n) is 8.87. The average molecular weight is 445 g/mol.